The first-order chi connectivity index (χ1) is 13.1. The maximum atomic E-state index is 12.1. The molecule has 0 aliphatic heterocycles. The zero-order valence-corrected chi connectivity index (χ0v) is 15.2. The SMILES string of the molecule is Cc1ccccc1C(=O)NCC(=O)NCc1ccc(Cn2ccnc2)cc1. The van der Waals surface area contributed by atoms with Crippen LogP contribution in [0.1, 0.15) is 27.0 Å². The second-order valence-electron chi connectivity index (χ2n) is 6.33. The number of rotatable bonds is 7. The third kappa shape index (κ3) is 5.28. The topological polar surface area (TPSA) is 76.0 Å². The van der Waals surface area contributed by atoms with Crippen molar-refractivity contribution in [2.24, 2.45) is 0 Å². The number of amides is 2. The molecular formula is C21H22N4O2. The van der Waals surface area contributed by atoms with Crippen molar-refractivity contribution < 1.29 is 9.59 Å². The van der Waals surface area contributed by atoms with Crippen LogP contribution in [-0.4, -0.2) is 27.9 Å². The molecule has 2 aromatic carbocycles. The van der Waals surface area contributed by atoms with Gasteiger partial charge < -0.3 is 15.2 Å². The molecule has 0 atom stereocenters. The summed E-state index contributed by atoms with van der Waals surface area (Å²) < 4.78 is 1.99. The zero-order chi connectivity index (χ0) is 19.1. The van der Waals surface area contributed by atoms with Crippen LogP contribution in [-0.2, 0) is 17.9 Å². The Balaban J connectivity index is 1.43. The molecule has 6 nitrogen and oxygen atoms in total. The summed E-state index contributed by atoms with van der Waals surface area (Å²) in [6.07, 6.45) is 5.44. The maximum absolute atomic E-state index is 12.1. The van der Waals surface area contributed by atoms with E-state index in [0.29, 0.717) is 12.1 Å². The minimum Gasteiger partial charge on any atom is -0.350 e. The highest BCUT2D eigenvalue weighted by molar-refractivity contribution is 5.97. The quantitative estimate of drug-likeness (QED) is 0.677. The molecular weight excluding hydrogens is 340 g/mol. The van der Waals surface area contributed by atoms with Crippen LogP contribution < -0.4 is 10.6 Å². The summed E-state index contributed by atoms with van der Waals surface area (Å²) in [6, 6.07) is 15.3. The summed E-state index contributed by atoms with van der Waals surface area (Å²) in [5.74, 6) is -0.466. The van der Waals surface area contributed by atoms with E-state index >= 15 is 0 Å². The standard InChI is InChI=1S/C21H22N4O2/c1-16-4-2-3-5-19(16)21(27)24-13-20(26)23-12-17-6-8-18(9-7-17)14-25-11-10-22-15-25/h2-11,15H,12-14H2,1H3,(H,23,26)(H,24,27). The van der Waals surface area contributed by atoms with Crippen LogP contribution in [0.3, 0.4) is 0 Å². The van der Waals surface area contributed by atoms with Gasteiger partial charge in [-0.1, -0.05) is 42.5 Å². The van der Waals surface area contributed by atoms with Crippen molar-refractivity contribution in [3.8, 4) is 0 Å². The molecule has 0 spiro atoms. The average Bonchev–Trinajstić information content (AvgIpc) is 3.19. The van der Waals surface area contributed by atoms with E-state index in [1.165, 1.54) is 0 Å². The normalized spacial score (nSPS) is 10.4. The predicted octanol–water partition coefficient (Wildman–Crippen LogP) is 2.29. The second kappa shape index (κ2) is 8.80. The number of nitrogens with zero attached hydrogens (tertiary/aromatic N) is 2. The van der Waals surface area contributed by atoms with Gasteiger partial charge >= 0.3 is 0 Å². The number of imidazole rings is 1. The van der Waals surface area contributed by atoms with Crippen LogP contribution in [0.15, 0.2) is 67.3 Å². The van der Waals surface area contributed by atoms with E-state index in [9.17, 15) is 9.59 Å². The summed E-state index contributed by atoms with van der Waals surface area (Å²) in [7, 11) is 0. The van der Waals surface area contributed by atoms with Gasteiger partial charge in [-0.25, -0.2) is 4.98 Å². The Morgan fingerprint density at radius 2 is 1.74 bits per heavy atom. The monoisotopic (exact) mass is 362 g/mol. The second-order valence-corrected chi connectivity index (χ2v) is 6.33. The first-order valence-electron chi connectivity index (χ1n) is 8.76. The molecule has 6 heteroatoms. The zero-order valence-electron chi connectivity index (χ0n) is 15.2. The molecule has 0 saturated heterocycles. The third-order valence-electron chi connectivity index (χ3n) is 4.24. The largest absolute Gasteiger partial charge is 0.350 e. The number of hydrogen-bond donors (Lipinski definition) is 2. The van der Waals surface area contributed by atoms with Gasteiger partial charge in [-0.15, -0.1) is 0 Å². The van der Waals surface area contributed by atoms with Gasteiger partial charge in [0.15, 0.2) is 0 Å². The van der Waals surface area contributed by atoms with Gasteiger partial charge in [0.05, 0.1) is 12.9 Å². The molecule has 2 N–H and O–H groups in total. The van der Waals surface area contributed by atoms with Crippen molar-refractivity contribution in [2.45, 2.75) is 20.0 Å². The molecule has 3 rings (SSSR count). The van der Waals surface area contributed by atoms with Crippen molar-refractivity contribution in [1.29, 1.82) is 0 Å². The summed E-state index contributed by atoms with van der Waals surface area (Å²) in [5, 5.41) is 5.47. The predicted molar refractivity (Wildman–Crippen MR) is 103 cm³/mol. The first kappa shape index (κ1) is 18.4. The maximum Gasteiger partial charge on any atom is 0.251 e. The van der Waals surface area contributed by atoms with Gasteiger partial charge in [0.1, 0.15) is 0 Å². The van der Waals surface area contributed by atoms with Crippen molar-refractivity contribution in [3.05, 3.63) is 89.5 Å². The fraction of sp³-hybridized carbons (Fsp3) is 0.190. The number of nitrogens with one attached hydrogen (secondary N) is 2. The fourth-order valence-electron chi connectivity index (χ4n) is 2.70. The van der Waals surface area contributed by atoms with Crippen molar-refractivity contribution in [3.63, 3.8) is 0 Å². The lowest BCUT2D eigenvalue weighted by Gasteiger charge is -2.09. The number of carbonyl (C=O) groups is 2. The van der Waals surface area contributed by atoms with E-state index in [1.54, 1.807) is 24.7 Å². The van der Waals surface area contributed by atoms with Crippen LogP contribution in [0, 0.1) is 6.92 Å². The molecule has 3 aromatic rings. The molecule has 0 aliphatic carbocycles. The summed E-state index contributed by atoms with van der Waals surface area (Å²) in [6.45, 7) is 3.00. The number of benzene rings is 2. The van der Waals surface area contributed by atoms with E-state index < -0.39 is 0 Å². The number of aromatic nitrogens is 2. The Morgan fingerprint density at radius 1 is 1.00 bits per heavy atom. The van der Waals surface area contributed by atoms with E-state index in [2.05, 4.69) is 15.6 Å². The molecule has 1 aromatic heterocycles. The molecule has 0 fully saturated rings. The Kier molecular flexibility index (Phi) is 5.99. The van der Waals surface area contributed by atoms with Gasteiger partial charge in [0.25, 0.3) is 5.91 Å². The van der Waals surface area contributed by atoms with E-state index in [1.807, 2.05) is 54.1 Å². The molecule has 2 amide bonds. The Morgan fingerprint density at radius 3 is 2.44 bits per heavy atom. The Labute approximate surface area is 158 Å². The molecule has 0 bridgehead atoms. The lowest BCUT2D eigenvalue weighted by atomic mass is 10.1. The number of aryl methyl sites for hydroxylation is 1. The van der Waals surface area contributed by atoms with Crippen LogP contribution in [0.25, 0.3) is 0 Å². The molecule has 138 valence electrons. The molecule has 0 unspecified atom stereocenters. The van der Waals surface area contributed by atoms with Gasteiger partial charge in [0.2, 0.25) is 5.91 Å². The Bertz CT molecular complexity index is 902. The van der Waals surface area contributed by atoms with E-state index in [-0.39, 0.29) is 18.4 Å². The van der Waals surface area contributed by atoms with Gasteiger partial charge in [-0.3, -0.25) is 9.59 Å². The van der Waals surface area contributed by atoms with Crippen molar-refractivity contribution in [1.82, 2.24) is 20.2 Å². The molecule has 0 radical (unpaired) electrons. The average molecular weight is 362 g/mol. The highest BCUT2D eigenvalue weighted by Crippen LogP contribution is 2.07. The smallest absolute Gasteiger partial charge is 0.251 e. The van der Waals surface area contributed by atoms with Crippen LogP contribution >= 0.6 is 0 Å². The van der Waals surface area contributed by atoms with Crippen molar-refractivity contribution >= 4 is 11.8 Å². The van der Waals surface area contributed by atoms with Crippen molar-refractivity contribution in [2.75, 3.05) is 6.54 Å². The van der Waals surface area contributed by atoms with Gasteiger partial charge in [-0.05, 0) is 29.7 Å². The number of carbonyl (C=O) groups excluding carboxylic acids is 2. The molecule has 1 heterocycles. The van der Waals surface area contributed by atoms with E-state index in [4.69, 9.17) is 0 Å². The third-order valence-corrected chi connectivity index (χ3v) is 4.24. The molecule has 27 heavy (non-hydrogen) atoms. The highest BCUT2D eigenvalue weighted by Gasteiger charge is 2.09. The lowest BCUT2D eigenvalue weighted by Crippen LogP contribution is -2.36. The molecule has 0 aliphatic rings. The van der Waals surface area contributed by atoms with E-state index in [0.717, 1.165) is 23.2 Å². The fourth-order valence-corrected chi connectivity index (χ4v) is 2.70. The minimum atomic E-state index is -0.243. The molecule has 0 saturated carbocycles. The summed E-state index contributed by atoms with van der Waals surface area (Å²) >= 11 is 0. The van der Waals surface area contributed by atoms with Gasteiger partial charge in [-0.2, -0.15) is 0 Å². The first-order valence-corrected chi connectivity index (χ1v) is 8.76. The highest BCUT2D eigenvalue weighted by atomic mass is 16.2. The Hall–Kier alpha value is -3.41. The van der Waals surface area contributed by atoms with Crippen LogP contribution in [0.5, 0.6) is 0 Å². The number of hydrogen-bond acceptors (Lipinski definition) is 3. The summed E-state index contributed by atoms with van der Waals surface area (Å²) in [5.41, 5.74) is 3.63. The van der Waals surface area contributed by atoms with Crippen LogP contribution in [0.2, 0.25) is 0 Å². The van der Waals surface area contributed by atoms with Crippen LogP contribution in [0.4, 0.5) is 0 Å². The lowest BCUT2D eigenvalue weighted by molar-refractivity contribution is -0.120. The van der Waals surface area contributed by atoms with Gasteiger partial charge in [0, 0.05) is 31.0 Å². The summed E-state index contributed by atoms with van der Waals surface area (Å²) in [4.78, 5) is 28.1. The minimum absolute atomic E-state index is 0.0497.